The lowest BCUT2D eigenvalue weighted by atomic mass is 9.84. The fourth-order valence-corrected chi connectivity index (χ4v) is 8.80. The molecule has 0 saturated heterocycles. The Morgan fingerprint density at radius 3 is 1.49 bits per heavy atom. The van der Waals surface area contributed by atoms with E-state index in [9.17, 15) is 0 Å². The van der Waals surface area contributed by atoms with Crippen LogP contribution < -0.4 is 0 Å². The molecule has 0 unspecified atom stereocenters. The average molecular weight is 613 g/mol. The number of benzene rings is 9. The first kappa shape index (κ1) is 26.5. The predicted octanol–water partition coefficient (Wildman–Crippen LogP) is 13.7. The highest BCUT2D eigenvalue weighted by Gasteiger charge is 2.19. The van der Waals surface area contributed by atoms with Crippen molar-refractivity contribution in [1.29, 1.82) is 0 Å². The normalized spacial score (nSPS) is 11.8. The van der Waals surface area contributed by atoms with Crippen LogP contribution in [0.5, 0.6) is 0 Å². The van der Waals surface area contributed by atoms with Crippen molar-refractivity contribution in [2.45, 2.75) is 0 Å². The Kier molecular flexibility index (Phi) is 5.85. The maximum atomic E-state index is 2.43. The van der Waals surface area contributed by atoms with E-state index in [2.05, 4.69) is 170 Å². The number of rotatable bonds is 3. The monoisotopic (exact) mass is 612 g/mol. The summed E-state index contributed by atoms with van der Waals surface area (Å²) in [7, 11) is 0. The Bertz CT molecular complexity index is 2780. The third-order valence-electron chi connectivity index (χ3n) is 9.79. The zero-order chi connectivity index (χ0) is 30.9. The van der Waals surface area contributed by atoms with Crippen LogP contribution in [0, 0.1) is 0 Å². The number of fused-ring (bicyclic) bond motifs is 7. The molecular formula is C46H28S. The van der Waals surface area contributed by atoms with Gasteiger partial charge in [-0.1, -0.05) is 133 Å². The molecule has 1 heteroatoms. The van der Waals surface area contributed by atoms with Gasteiger partial charge in [0.1, 0.15) is 0 Å². The molecule has 0 aliphatic carbocycles. The molecule has 0 fully saturated rings. The van der Waals surface area contributed by atoms with Crippen molar-refractivity contribution in [1.82, 2.24) is 0 Å². The van der Waals surface area contributed by atoms with E-state index < -0.39 is 0 Å². The van der Waals surface area contributed by atoms with Crippen molar-refractivity contribution in [3.8, 4) is 33.4 Å². The molecule has 218 valence electrons. The van der Waals surface area contributed by atoms with Gasteiger partial charge in [-0.3, -0.25) is 0 Å². The largest absolute Gasteiger partial charge is 0.135 e. The summed E-state index contributed by atoms with van der Waals surface area (Å²) in [5.41, 5.74) is 7.58. The summed E-state index contributed by atoms with van der Waals surface area (Å²) >= 11 is 1.89. The van der Waals surface area contributed by atoms with Crippen LogP contribution in [0.3, 0.4) is 0 Å². The van der Waals surface area contributed by atoms with Gasteiger partial charge in [0, 0.05) is 20.2 Å². The van der Waals surface area contributed by atoms with E-state index in [0.717, 1.165) is 0 Å². The van der Waals surface area contributed by atoms with Crippen LogP contribution in [0.25, 0.3) is 96.6 Å². The fraction of sp³-hybridized carbons (Fsp3) is 0. The molecule has 10 rings (SSSR count). The molecule has 9 aromatic carbocycles. The topological polar surface area (TPSA) is 0 Å². The van der Waals surface area contributed by atoms with Crippen LogP contribution in [0.15, 0.2) is 170 Å². The molecule has 47 heavy (non-hydrogen) atoms. The molecule has 0 amide bonds. The van der Waals surface area contributed by atoms with E-state index in [4.69, 9.17) is 0 Å². The molecule has 0 saturated carbocycles. The Labute approximate surface area is 276 Å². The van der Waals surface area contributed by atoms with Gasteiger partial charge in [-0.15, -0.1) is 11.3 Å². The van der Waals surface area contributed by atoms with Gasteiger partial charge in [-0.05, 0) is 113 Å². The van der Waals surface area contributed by atoms with Gasteiger partial charge in [0.15, 0.2) is 0 Å². The van der Waals surface area contributed by atoms with Crippen molar-refractivity contribution in [2.75, 3.05) is 0 Å². The number of thiophene rings is 1. The first-order valence-corrected chi connectivity index (χ1v) is 17.0. The number of hydrogen-bond donors (Lipinski definition) is 0. The third kappa shape index (κ3) is 4.14. The molecular weight excluding hydrogens is 585 g/mol. The zero-order valence-electron chi connectivity index (χ0n) is 25.6. The molecule has 0 radical (unpaired) electrons. The molecule has 1 aromatic heterocycles. The Morgan fingerprint density at radius 1 is 0.277 bits per heavy atom. The first-order valence-electron chi connectivity index (χ1n) is 16.2. The Balaban J connectivity index is 1.27. The van der Waals surface area contributed by atoms with E-state index in [1.807, 2.05) is 11.3 Å². The van der Waals surface area contributed by atoms with E-state index in [-0.39, 0.29) is 0 Å². The molecule has 0 bridgehead atoms. The molecule has 0 aliphatic rings. The van der Waals surface area contributed by atoms with Crippen LogP contribution in [-0.2, 0) is 0 Å². The predicted molar refractivity (Wildman–Crippen MR) is 206 cm³/mol. The van der Waals surface area contributed by atoms with Crippen molar-refractivity contribution in [2.24, 2.45) is 0 Å². The maximum Gasteiger partial charge on any atom is 0.0361 e. The molecule has 0 nitrogen and oxygen atoms in total. The van der Waals surface area contributed by atoms with Crippen molar-refractivity contribution in [3.63, 3.8) is 0 Å². The van der Waals surface area contributed by atoms with Crippen LogP contribution in [-0.4, -0.2) is 0 Å². The van der Waals surface area contributed by atoms with Gasteiger partial charge in [0.05, 0.1) is 0 Å². The first-order chi connectivity index (χ1) is 23.3. The lowest BCUT2D eigenvalue weighted by molar-refractivity contribution is 1.64. The minimum Gasteiger partial charge on any atom is -0.135 e. The van der Waals surface area contributed by atoms with E-state index in [0.29, 0.717) is 0 Å². The van der Waals surface area contributed by atoms with Crippen LogP contribution >= 0.6 is 11.3 Å². The fourth-order valence-electron chi connectivity index (χ4n) is 7.68. The van der Waals surface area contributed by atoms with Gasteiger partial charge in [0.25, 0.3) is 0 Å². The Morgan fingerprint density at radius 2 is 0.809 bits per heavy atom. The van der Waals surface area contributed by atoms with Crippen molar-refractivity contribution < 1.29 is 0 Å². The molecule has 0 aliphatic heterocycles. The van der Waals surface area contributed by atoms with Crippen LogP contribution in [0.2, 0.25) is 0 Å². The lowest BCUT2D eigenvalue weighted by Gasteiger charge is -2.19. The van der Waals surface area contributed by atoms with Gasteiger partial charge >= 0.3 is 0 Å². The summed E-state index contributed by atoms with van der Waals surface area (Å²) in [5, 5.41) is 12.9. The summed E-state index contributed by atoms with van der Waals surface area (Å²) in [6.07, 6.45) is 0. The highest BCUT2D eigenvalue weighted by atomic mass is 32.1. The van der Waals surface area contributed by atoms with E-state index >= 15 is 0 Å². The molecule has 0 atom stereocenters. The SMILES string of the molecule is c1ccc(-c2cc(-c3c4ccccc4c(-c4ccc5sc6cc7ccccc7cc6c5c4)c4ccccc34)cc3ccccc23)cc1. The summed E-state index contributed by atoms with van der Waals surface area (Å²) in [6, 6.07) is 62.8. The maximum absolute atomic E-state index is 2.43. The molecule has 0 spiro atoms. The second kappa shape index (κ2) is 10.4. The lowest BCUT2D eigenvalue weighted by Crippen LogP contribution is -1.92. The molecule has 10 aromatic rings. The summed E-state index contributed by atoms with van der Waals surface area (Å²) in [6.45, 7) is 0. The standard InChI is InChI=1S/C46H28S/c1-2-12-29(13-3-1)40-27-34(24-32-16-6-7-17-35(32)40)46-38-20-10-8-18-36(38)45(37-19-9-11-21-39(37)46)33-22-23-43-41(26-33)42-25-30-14-4-5-15-31(30)28-44(42)47-43/h1-28H. The summed E-state index contributed by atoms with van der Waals surface area (Å²) < 4.78 is 2.67. The Hall–Kier alpha value is -5.76. The van der Waals surface area contributed by atoms with Gasteiger partial charge in [-0.25, -0.2) is 0 Å². The number of hydrogen-bond acceptors (Lipinski definition) is 1. The minimum absolute atomic E-state index is 1.24. The average Bonchev–Trinajstić information content (AvgIpc) is 3.49. The third-order valence-corrected chi connectivity index (χ3v) is 10.9. The summed E-state index contributed by atoms with van der Waals surface area (Å²) in [4.78, 5) is 0. The minimum atomic E-state index is 1.24. The smallest absolute Gasteiger partial charge is 0.0361 e. The van der Waals surface area contributed by atoms with E-state index in [1.54, 1.807) is 0 Å². The van der Waals surface area contributed by atoms with Crippen molar-refractivity contribution in [3.05, 3.63) is 170 Å². The van der Waals surface area contributed by atoms with Gasteiger partial charge < -0.3 is 0 Å². The highest BCUT2D eigenvalue weighted by molar-refractivity contribution is 7.25. The van der Waals surface area contributed by atoms with E-state index in [1.165, 1.54) is 96.6 Å². The van der Waals surface area contributed by atoms with Gasteiger partial charge in [-0.2, -0.15) is 0 Å². The second-order valence-corrected chi connectivity index (χ2v) is 13.5. The van der Waals surface area contributed by atoms with Gasteiger partial charge in [0.2, 0.25) is 0 Å². The molecule has 0 N–H and O–H groups in total. The molecule has 1 heterocycles. The summed E-state index contributed by atoms with van der Waals surface area (Å²) in [5.74, 6) is 0. The second-order valence-electron chi connectivity index (χ2n) is 12.5. The van der Waals surface area contributed by atoms with Crippen LogP contribution in [0.4, 0.5) is 0 Å². The highest BCUT2D eigenvalue weighted by Crippen LogP contribution is 2.47. The van der Waals surface area contributed by atoms with Crippen LogP contribution in [0.1, 0.15) is 0 Å². The quantitative estimate of drug-likeness (QED) is 0.174. The van der Waals surface area contributed by atoms with Crippen molar-refractivity contribution >= 4 is 74.6 Å². The zero-order valence-corrected chi connectivity index (χ0v) is 26.4.